The molecule has 4 heteroatoms. The minimum absolute atomic E-state index is 0.0408. The highest BCUT2D eigenvalue weighted by atomic mass is 19.1. The molecule has 2 rings (SSSR count). The van der Waals surface area contributed by atoms with Crippen LogP contribution in [0.1, 0.15) is 5.56 Å². The lowest BCUT2D eigenvalue weighted by atomic mass is 10.1. The van der Waals surface area contributed by atoms with Crippen molar-refractivity contribution in [2.45, 2.75) is 6.42 Å². The normalized spacial score (nSPS) is 10.3. The number of nitriles is 1. The third-order valence-corrected chi connectivity index (χ3v) is 2.53. The molecule has 1 heterocycles. The maximum Gasteiger partial charge on any atom is 0.255 e. The van der Waals surface area contributed by atoms with E-state index in [9.17, 15) is 9.18 Å². The molecule has 16 heavy (non-hydrogen) atoms. The lowest BCUT2D eigenvalue weighted by Crippen LogP contribution is -2.21. The molecule has 0 radical (unpaired) electrons. The van der Waals surface area contributed by atoms with E-state index in [0.717, 1.165) is 0 Å². The molecule has 3 nitrogen and oxygen atoms in total. The number of aryl methyl sites for hydroxylation is 1. The highest BCUT2D eigenvalue weighted by Crippen LogP contribution is 2.14. The van der Waals surface area contributed by atoms with Crippen LogP contribution in [-0.2, 0) is 13.5 Å². The van der Waals surface area contributed by atoms with Crippen molar-refractivity contribution < 1.29 is 4.39 Å². The largest absolute Gasteiger partial charge is 0.311 e. The number of halogens is 1. The Labute approximate surface area is 91.4 Å². The van der Waals surface area contributed by atoms with Gasteiger partial charge in [0.05, 0.1) is 18.0 Å². The Bertz CT molecular complexity index is 652. The average molecular weight is 216 g/mol. The van der Waals surface area contributed by atoms with Gasteiger partial charge in [-0.25, -0.2) is 4.39 Å². The van der Waals surface area contributed by atoms with Gasteiger partial charge in [0, 0.05) is 18.0 Å². The van der Waals surface area contributed by atoms with Crippen LogP contribution in [0.4, 0.5) is 4.39 Å². The van der Waals surface area contributed by atoms with Gasteiger partial charge in [0.1, 0.15) is 5.82 Å². The first-order valence-corrected chi connectivity index (χ1v) is 4.78. The molecule has 0 fully saturated rings. The van der Waals surface area contributed by atoms with Crippen molar-refractivity contribution >= 4 is 10.9 Å². The highest BCUT2D eigenvalue weighted by Gasteiger charge is 2.06. The molecule has 0 amide bonds. The van der Waals surface area contributed by atoms with Gasteiger partial charge in [-0.2, -0.15) is 5.26 Å². The van der Waals surface area contributed by atoms with E-state index in [2.05, 4.69) is 0 Å². The standard InChI is InChI=1S/C12H9FN2O/c1-15-11-3-2-10(13)7-9(11)6-8(4-5-14)12(15)16/h2-3,6-7H,4H2,1H3. The lowest BCUT2D eigenvalue weighted by molar-refractivity contribution is 0.629. The first kappa shape index (κ1) is 10.4. The van der Waals surface area contributed by atoms with Crippen LogP contribution < -0.4 is 5.56 Å². The van der Waals surface area contributed by atoms with Gasteiger partial charge in [0.25, 0.3) is 5.56 Å². The summed E-state index contributed by atoms with van der Waals surface area (Å²) in [7, 11) is 1.61. The molecule has 1 aromatic heterocycles. The van der Waals surface area contributed by atoms with Crippen LogP contribution in [0.3, 0.4) is 0 Å². The zero-order valence-electron chi connectivity index (χ0n) is 8.70. The molecule has 0 aliphatic heterocycles. The predicted octanol–water partition coefficient (Wildman–Crippen LogP) is 1.74. The van der Waals surface area contributed by atoms with Crippen molar-refractivity contribution in [1.82, 2.24) is 4.57 Å². The summed E-state index contributed by atoms with van der Waals surface area (Å²) in [6.07, 6.45) is 0.0408. The molecular formula is C12H9FN2O. The summed E-state index contributed by atoms with van der Waals surface area (Å²) in [4.78, 5) is 11.8. The van der Waals surface area contributed by atoms with E-state index in [1.54, 1.807) is 19.2 Å². The number of benzene rings is 1. The smallest absolute Gasteiger partial charge is 0.255 e. The van der Waals surface area contributed by atoms with E-state index < -0.39 is 0 Å². The topological polar surface area (TPSA) is 45.8 Å². The van der Waals surface area contributed by atoms with Crippen LogP contribution in [0.5, 0.6) is 0 Å². The summed E-state index contributed by atoms with van der Waals surface area (Å²) in [5.41, 5.74) is 0.844. The van der Waals surface area contributed by atoms with Crippen molar-refractivity contribution in [1.29, 1.82) is 5.26 Å². The zero-order valence-corrected chi connectivity index (χ0v) is 8.70. The van der Waals surface area contributed by atoms with Gasteiger partial charge in [-0.15, -0.1) is 0 Å². The summed E-state index contributed by atoms with van der Waals surface area (Å²) in [5, 5.41) is 9.22. The summed E-state index contributed by atoms with van der Waals surface area (Å²) in [6.45, 7) is 0. The predicted molar refractivity (Wildman–Crippen MR) is 58.5 cm³/mol. The Morgan fingerprint density at radius 3 is 2.88 bits per heavy atom. The monoisotopic (exact) mass is 216 g/mol. The van der Waals surface area contributed by atoms with E-state index in [1.807, 2.05) is 6.07 Å². The van der Waals surface area contributed by atoms with Crippen molar-refractivity contribution in [2.24, 2.45) is 7.05 Å². The highest BCUT2D eigenvalue weighted by molar-refractivity contribution is 5.79. The van der Waals surface area contributed by atoms with E-state index in [1.165, 1.54) is 16.7 Å². The lowest BCUT2D eigenvalue weighted by Gasteiger charge is -2.06. The average Bonchev–Trinajstić information content (AvgIpc) is 2.25. The molecule has 0 aliphatic rings. The van der Waals surface area contributed by atoms with Gasteiger partial charge in [0.2, 0.25) is 0 Å². The van der Waals surface area contributed by atoms with Crippen LogP contribution in [0.2, 0.25) is 0 Å². The Kier molecular flexibility index (Phi) is 2.45. The second kappa shape index (κ2) is 3.78. The van der Waals surface area contributed by atoms with Crippen molar-refractivity contribution in [3.63, 3.8) is 0 Å². The van der Waals surface area contributed by atoms with E-state index in [4.69, 9.17) is 5.26 Å². The van der Waals surface area contributed by atoms with Gasteiger partial charge in [0.15, 0.2) is 0 Å². The number of fused-ring (bicyclic) bond motifs is 1. The number of hydrogen-bond acceptors (Lipinski definition) is 2. The Balaban J connectivity index is 2.84. The molecule has 0 spiro atoms. The Morgan fingerprint density at radius 2 is 2.19 bits per heavy atom. The number of rotatable bonds is 1. The van der Waals surface area contributed by atoms with Gasteiger partial charge >= 0.3 is 0 Å². The maximum absolute atomic E-state index is 13.0. The first-order chi connectivity index (χ1) is 7.63. The fraction of sp³-hybridized carbons (Fsp3) is 0.167. The fourth-order valence-corrected chi connectivity index (χ4v) is 1.73. The second-order valence-electron chi connectivity index (χ2n) is 3.57. The molecule has 0 atom stereocenters. The van der Waals surface area contributed by atoms with Crippen LogP contribution in [0.15, 0.2) is 29.1 Å². The second-order valence-corrected chi connectivity index (χ2v) is 3.57. The SMILES string of the molecule is Cn1c(=O)c(CC#N)cc2cc(F)ccc21. The Morgan fingerprint density at radius 1 is 1.44 bits per heavy atom. The first-order valence-electron chi connectivity index (χ1n) is 4.78. The number of pyridine rings is 1. The van der Waals surface area contributed by atoms with Gasteiger partial charge in [-0.3, -0.25) is 4.79 Å². The summed E-state index contributed by atoms with van der Waals surface area (Å²) >= 11 is 0. The third kappa shape index (κ3) is 1.57. The van der Waals surface area contributed by atoms with Crippen LogP contribution >= 0.6 is 0 Å². The number of hydrogen-bond donors (Lipinski definition) is 0. The fourth-order valence-electron chi connectivity index (χ4n) is 1.73. The summed E-state index contributed by atoms with van der Waals surface area (Å²) < 4.78 is 14.5. The van der Waals surface area contributed by atoms with Crippen molar-refractivity contribution in [3.8, 4) is 6.07 Å². The van der Waals surface area contributed by atoms with Crippen LogP contribution in [0, 0.1) is 17.1 Å². The molecule has 0 saturated carbocycles. The molecular weight excluding hydrogens is 207 g/mol. The molecule has 0 saturated heterocycles. The molecule has 0 unspecified atom stereocenters. The molecule has 0 N–H and O–H groups in total. The van der Waals surface area contributed by atoms with Gasteiger partial charge in [-0.05, 0) is 24.3 Å². The quantitative estimate of drug-likeness (QED) is 0.728. The Hall–Kier alpha value is -2.15. The molecule has 2 aromatic rings. The molecule has 0 aliphatic carbocycles. The number of aromatic nitrogens is 1. The number of nitrogens with zero attached hydrogens (tertiary/aromatic N) is 2. The van der Waals surface area contributed by atoms with E-state index in [0.29, 0.717) is 16.5 Å². The molecule has 80 valence electrons. The molecule has 1 aromatic carbocycles. The summed E-state index contributed by atoms with van der Waals surface area (Å²) in [5.74, 6) is -0.353. The van der Waals surface area contributed by atoms with Crippen molar-refractivity contribution in [3.05, 3.63) is 46.0 Å². The minimum atomic E-state index is -0.353. The van der Waals surface area contributed by atoms with Gasteiger partial charge in [-0.1, -0.05) is 0 Å². The zero-order chi connectivity index (χ0) is 11.7. The van der Waals surface area contributed by atoms with Crippen LogP contribution in [0.25, 0.3) is 10.9 Å². The van der Waals surface area contributed by atoms with Crippen molar-refractivity contribution in [2.75, 3.05) is 0 Å². The van der Waals surface area contributed by atoms with Crippen LogP contribution in [-0.4, -0.2) is 4.57 Å². The summed E-state index contributed by atoms with van der Waals surface area (Å²) in [6, 6.07) is 7.72. The third-order valence-electron chi connectivity index (χ3n) is 2.53. The van der Waals surface area contributed by atoms with Gasteiger partial charge < -0.3 is 4.57 Å². The van der Waals surface area contributed by atoms with E-state index >= 15 is 0 Å². The van der Waals surface area contributed by atoms with E-state index in [-0.39, 0.29) is 17.8 Å². The maximum atomic E-state index is 13.0. The molecule has 0 bridgehead atoms. The minimum Gasteiger partial charge on any atom is -0.311 e.